The van der Waals surface area contributed by atoms with E-state index in [-0.39, 0.29) is 39.6 Å². The minimum absolute atomic E-state index is 0.114. The summed E-state index contributed by atoms with van der Waals surface area (Å²) in [7, 11) is -3.75. The van der Waals surface area contributed by atoms with Gasteiger partial charge in [-0.05, 0) is 0 Å². The molecule has 1 heterocycles. The molecule has 0 aromatic heterocycles. The van der Waals surface area contributed by atoms with Crippen molar-refractivity contribution in [3.63, 3.8) is 0 Å². The molecule has 0 aliphatic carbocycles. The number of carbonyl (C=O) groups is 2. The van der Waals surface area contributed by atoms with E-state index in [9.17, 15) is 18.0 Å². The molecule has 0 saturated heterocycles. The molecule has 0 radical (unpaired) electrons. The van der Waals surface area contributed by atoms with Gasteiger partial charge in [-0.3, -0.25) is 0 Å². The van der Waals surface area contributed by atoms with Crippen molar-refractivity contribution in [3.05, 3.63) is 72.3 Å². The van der Waals surface area contributed by atoms with Gasteiger partial charge < -0.3 is 0 Å². The van der Waals surface area contributed by atoms with Crippen LogP contribution in [0.3, 0.4) is 0 Å². The summed E-state index contributed by atoms with van der Waals surface area (Å²) in [5, 5.41) is -0.956. The Bertz CT molecular complexity index is 1120. The molecular weight excluding hydrogens is 521 g/mol. The van der Waals surface area contributed by atoms with Crippen molar-refractivity contribution in [1.82, 2.24) is 4.90 Å². The van der Waals surface area contributed by atoms with Crippen LogP contribution in [-0.4, -0.2) is 71.4 Å². The van der Waals surface area contributed by atoms with Gasteiger partial charge in [-0.1, -0.05) is 0 Å². The fraction of sp³-hybridized carbons (Fsp3) is 0.360. The number of benzene rings is 2. The summed E-state index contributed by atoms with van der Waals surface area (Å²) in [5.41, 5.74) is 0.951. The van der Waals surface area contributed by atoms with Gasteiger partial charge in [-0.25, -0.2) is 0 Å². The third-order valence-electron chi connectivity index (χ3n) is 5.35. The SMILES string of the molecule is CCOC(=O)C([Se]c1ccccc1)C1C=CC(S(=O)(=O)c2ccc(C)cc2)CN1C(=O)OCC. The molecule has 0 fully saturated rings. The maximum atomic E-state index is 13.3. The van der Waals surface area contributed by atoms with E-state index < -0.39 is 38.0 Å². The predicted molar refractivity (Wildman–Crippen MR) is 131 cm³/mol. The Morgan fingerprint density at radius 3 is 2.26 bits per heavy atom. The van der Waals surface area contributed by atoms with Crippen LogP contribution in [0.1, 0.15) is 19.4 Å². The van der Waals surface area contributed by atoms with Gasteiger partial charge in [0.15, 0.2) is 0 Å². The molecule has 7 nitrogen and oxygen atoms in total. The molecule has 1 aliphatic rings. The van der Waals surface area contributed by atoms with Crippen molar-refractivity contribution in [2.45, 2.75) is 41.8 Å². The molecule has 2 aromatic carbocycles. The fourth-order valence-electron chi connectivity index (χ4n) is 3.62. The van der Waals surface area contributed by atoms with Crippen LogP contribution < -0.4 is 4.46 Å². The Morgan fingerprint density at radius 1 is 1.00 bits per heavy atom. The quantitative estimate of drug-likeness (QED) is 0.285. The number of esters is 1. The van der Waals surface area contributed by atoms with E-state index in [0.29, 0.717) is 0 Å². The van der Waals surface area contributed by atoms with Crippen molar-refractivity contribution in [2.75, 3.05) is 19.8 Å². The predicted octanol–water partition coefficient (Wildman–Crippen LogP) is 2.92. The van der Waals surface area contributed by atoms with Gasteiger partial charge in [0.1, 0.15) is 0 Å². The number of aryl methyl sites for hydroxylation is 1. The van der Waals surface area contributed by atoms with Crippen LogP contribution in [0.25, 0.3) is 0 Å². The summed E-state index contributed by atoms with van der Waals surface area (Å²) in [6, 6.07) is 15.5. The average Bonchev–Trinajstić information content (AvgIpc) is 2.83. The number of carbonyl (C=O) groups excluding carboxylic acids is 2. The van der Waals surface area contributed by atoms with Crippen LogP contribution in [0.2, 0.25) is 4.82 Å². The first kappa shape index (κ1) is 26.0. The second-order valence-corrected chi connectivity index (χ2v) is 12.4. The van der Waals surface area contributed by atoms with Gasteiger partial charge in [-0.15, -0.1) is 0 Å². The molecule has 34 heavy (non-hydrogen) atoms. The van der Waals surface area contributed by atoms with E-state index in [4.69, 9.17) is 9.47 Å². The summed E-state index contributed by atoms with van der Waals surface area (Å²) < 4.78 is 38.2. The van der Waals surface area contributed by atoms with Gasteiger partial charge in [0, 0.05) is 0 Å². The summed E-state index contributed by atoms with van der Waals surface area (Å²) in [5.74, 6) is -0.421. The second kappa shape index (κ2) is 11.7. The van der Waals surface area contributed by atoms with E-state index in [2.05, 4.69) is 0 Å². The van der Waals surface area contributed by atoms with Crippen molar-refractivity contribution >= 4 is 41.3 Å². The van der Waals surface area contributed by atoms with Gasteiger partial charge >= 0.3 is 208 Å². The van der Waals surface area contributed by atoms with Crippen LogP contribution in [0.4, 0.5) is 4.79 Å². The Balaban J connectivity index is 1.98. The first-order valence-electron chi connectivity index (χ1n) is 11.1. The summed E-state index contributed by atoms with van der Waals surface area (Å²) >= 11 is -0.365. The minimum atomic E-state index is -3.75. The molecule has 9 heteroatoms. The van der Waals surface area contributed by atoms with Crippen LogP contribution in [0.5, 0.6) is 0 Å². The average molecular weight is 551 g/mol. The zero-order valence-corrected chi connectivity index (χ0v) is 21.9. The molecule has 3 rings (SSSR count). The number of rotatable bonds is 8. The summed E-state index contributed by atoms with van der Waals surface area (Å²) in [6.45, 7) is 5.53. The fourth-order valence-corrected chi connectivity index (χ4v) is 7.55. The number of sulfone groups is 1. The summed E-state index contributed by atoms with van der Waals surface area (Å²) in [6.07, 6.45) is 2.57. The molecule has 0 N–H and O–H groups in total. The second-order valence-electron chi connectivity index (χ2n) is 7.73. The normalized spacial score (nSPS) is 18.9. The number of hydrogen-bond acceptors (Lipinski definition) is 6. The topological polar surface area (TPSA) is 90.0 Å². The molecule has 0 spiro atoms. The molecule has 182 valence electrons. The molecule has 0 bridgehead atoms. The zero-order chi connectivity index (χ0) is 24.7. The maximum absolute atomic E-state index is 13.3. The van der Waals surface area contributed by atoms with Crippen molar-refractivity contribution in [1.29, 1.82) is 0 Å². The molecular formula is C25H29NO6SSe. The molecule has 0 saturated carbocycles. The van der Waals surface area contributed by atoms with Crippen LogP contribution in [0.15, 0.2) is 71.6 Å². The molecule has 1 aliphatic heterocycles. The van der Waals surface area contributed by atoms with Crippen LogP contribution in [-0.2, 0) is 24.1 Å². The zero-order valence-electron chi connectivity index (χ0n) is 19.4. The van der Waals surface area contributed by atoms with E-state index in [0.717, 1.165) is 10.0 Å². The van der Waals surface area contributed by atoms with Crippen LogP contribution in [0, 0.1) is 6.92 Å². The van der Waals surface area contributed by atoms with Crippen LogP contribution >= 0.6 is 0 Å². The Hall–Kier alpha value is -2.61. The molecule has 3 atom stereocenters. The third-order valence-corrected chi connectivity index (χ3v) is 10.0. The number of nitrogens with zero attached hydrogens (tertiary/aromatic N) is 1. The standard InChI is InChI=1S/C25H29NO6SSe/c1-4-31-24(27)23(34-21-9-7-6-8-10-21)22-16-15-20(17-26(22)25(28)32-5-2)33(29,30)19-13-11-18(3)12-14-19/h6-16,20,22-23H,4-5,17H2,1-3H3. The first-order chi connectivity index (χ1) is 16.3. The van der Waals surface area contributed by atoms with Gasteiger partial charge in [0.05, 0.1) is 0 Å². The molecule has 3 unspecified atom stereocenters. The van der Waals surface area contributed by atoms with Crippen molar-refractivity contribution in [3.8, 4) is 0 Å². The van der Waals surface area contributed by atoms with Gasteiger partial charge in [0.2, 0.25) is 0 Å². The number of amides is 1. The Labute approximate surface area is 207 Å². The Morgan fingerprint density at radius 2 is 1.65 bits per heavy atom. The van der Waals surface area contributed by atoms with Crippen molar-refractivity contribution in [2.24, 2.45) is 0 Å². The number of ether oxygens (including phenoxy) is 2. The summed E-state index contributed by atoms with van der Waals surface area (Å²) in [4.78, 5) is 26.8. The van der Waals surface area contributed by atoms with E-state index >= 15 is 0 Å². The third kappa shape index (κ3) is 6.09. The van der Waals surface area contributed by atoms with E-state index in [1.54, 1.807) is 50.3 Å². The molecule has 2 aromatic rings. The van der Waals surface area contributed by atoms with Gasteiger partial charge in [-0.2, -0.15) is 0 Å². The number of hydrogen-bond donors (Lipinski definition) is 0. The Kier molecular flexibility index (Phi) is 8.94. The first-order valence-corrected chi connectivity index (χ1v) is 14.5. The van der Waals surface area contributed by atoms with E-state index in [1.165, 1.54) is 4.90 Å². The molecule has 1 amide bonds. The van der Waals surface area contributed by atoms with Gasteiger partial charge in [0.25, 0.3) is 0 Å². The van der Waals surface area contributed by atoms with E-state index in [1.807, 2.05) is 37.3 Å². The van der Waals surface area contributed by atoms with Crippen molar-refractivity contribution < 1.29 is 27.5 Å². The monoisotopic (exact) mass is 551 g/mol.